The van der Waals surface area contributed by atoms with E-state index in [4.69, 9.17) is 14.3 Å². The second-order valence-corrected chi connectivity index (χ2v) is 8.65. The van der Waals surface area contributed by atoms with Crippen LogP contribution in [0.2, 0.25) is 0 Å². The molecular formula is C24H26FN3O4. The summed E-state index contributed by atoms with van der Waals surface area (Å²) in [5, 5.41) is 13.5. The van der Waals surface area contributed by atoms with Gasteiger partial charge in [-0.2, -0.15) is 5.26 Å². The van der Waals surface area contributed by atoms with E-state index in [1.807, 2.05) is 33.8 Å². The van der Waals surface area contributed by atoms with Crippen molar-refractivity contribution in [2.24, 2.45) is 28.3 Å². The predicted molar refractivity (Wildman–Crippen MR) is 115 cm³/mol. The molecule has 1 heterocycles. The summed E-state index contributed by atoms with van der Waals surface area (Å²) in [6, 6.07) is 12.9. The average Bonchev–Trinajstić information content (AvgIpc) is 3.32. The fourth-order valence-electron chi connectivity index (χ4n) is 3.30. The molecular weight excluding hydrogens is 413 g/mol. The summed E-state index contributed by atoms with van der Waals surface area (Å²) in [5.41, 5.74) is -0.295. The first-order valence-corrected chi connectivity index (χ1v) is 10.4. The lowest BCUT2D eigenvalue weighted by atomic mass is 10.1. The zero-order chi connectivity index (χ0) is 23.3. The Morgan fingerprint density at radius 2 is 2.00 bits per heavy atom. The summed E-state index contributed by atoms with van der Waals surface area (Å²) in [7, 11) is 0. The number of benzene rings is 1. The third-order valence-electron chi connectivity index (χ3n) is 5.28. The van der Waals surface area contributed by atoms with Crippen LogP contribution in [0.15, 0.2) is 47.6 Å². The van der Waals surface area contributed by atoms with Gasteiger partial charge in [0.25, 0.3) is 5.88 Å². The van der Waals surface area contributed by atoms with Crippen LogP contribution < -0.4 is 4.74 Å². The molecule has 3 unspecified atom stereocenters. The molecule has 0 amide bonds. The topological polar surface area (TPSA) is 93.8 Å². The maximum absolute atomic E-state index is 14.2. The Bertz CT molecular complexity index is 1020. The molecule has 3 atom stereocenters. The van der Waals surface area contributed by atoms with Gasteiger partial charge in [0.15, 0.2) is 5.82 Å². The number of esters is 1. The molecule has 1 aliphatic rings. The van der Waals surface area contributed by atoms with Crippen molar-refractivity contribution in [3.63, 3.8) is 0 Å². The number of para-hydroxylation sites is 1. The van der Waals surface area contributed by atoms with Crippen LogP contribution in [-0.4, -0.2) is 23.8 Å². The number of oxime groups is 1. The third kappa shape index (κ3) is 5.41. The normalized spacial score (nSPS) is 19.9. The predicted octanol–water partition coefficient (Wildman–Crippen LogP) is 5.05. The largest absolute Gasteiger partial charge is 0.440 e. The Kier molecular flexibility index (Phi) is 7.08. The molecule has 1 saturated carbocycles. The summed E-state index contributed by atoms with van der Waals surface area (Å²) in [4.78, 5) is 22.0. The molecule has 1 aromatic carbocycles. The van der Waals surface area contributed by atoms with Gasteiger partial charge in [-0.25, -0.2) is 9.37 Å². The van der Waals surface area contributed by atoms with Crippen molar-refractivity contribution < 1.29 is 23.5 Å². The Hall–Kier alpha value is -3.47. The van der Waals surface area contributed by atoms with Crippen LogP contribution in [0.4, 0.5) is 4.39 Å². The van der Waals surface area contributed by atoms with Gasteiger partial charge in [0.1, 0.15) is 18.4 Å². The van der Waals surface area contributed by atoms with E-state index in [0.717, 1.165) is 6.07 Å². The first kappa shape index (κ1) is 23.2. The van der Waals surface area contributed by atoms with Crippen LogP contribution in [0.3, 0.4) is 0 Å². The molecule has 3 rings (SSSR count). The van der Waals surface area contributed by atoms with Gasteiger partial charge >= 0.3 is 5.97 Å². The molecule has 0 bridgehead atoms. The van der Waals surface area contributed by atoms with E-state index in [1.165, 1.54) is 6.07 Å². The van der Waals surface area contributed by atoms with E-state index in [2.05, 4.69) is 10.1 Å². The van der Waals surface area contributed by atoms with Gasteiger partial charge in [-0.15, -0.1) is 0 Å². The zero-order valence-corrected chi connectivity index (χ0v) is 18.5. The van der Waals surface area contributed by atoms with Crippen LogP contribution in [-0.2, 0) is 14.4 Å². The van der Waals surface area contributed by atoms with Crippen molar-refractivity contribution in [1.82, 2.24) is 4.98 Å². The Morgan fingerprint density at radius 1 is 1.28 bits per heavy atom. The van der Waals surface area contributed by atoms with E-state index in [9.17, 15) is 14.4 Å². The van der Waals surface area contributed by atoms with Crippen LogP contribution in [0.1, 0.15) is 39.5 Å². The number of pyridine rings is 1. The lowest BCUT2D eigenvalue weighted by molar-refractivity contribution is -0.149. The van der Waals surface area contributed by atoms with E-state index in [-0.39, 0.29) is 22.9 Å². The number of hydrogen-bond donors (Lipinski definition) is 0. The fourth-order valence-corrected chi connectivity index (χ4v) is 3.30. The summed E-state index contributed by atoms with van der Waals surface area (Å²) in [6.07, 6.45) is 0.310. The van der Waals surface area contributed by atoms with Gasteiger partial charge in [-0.05, 0) is 35.6 Å². The minimum absolute atomic E-state index is 0.0807. The van der Waals surface area contributed by atoms with E-state index < -0.39 is 23.8 Å². The van der Waals surface area contributed by atoms with Crippen molar-refractivity contribution >= 4 is 12.2 Å². The Balaban J connectivity index is 1.68. The number of nitrogens with zero attached hydrogens (tertiary/aromatic N) is 3. The van der Waals surface area contributed by atoms with Crippen molar-refractivity contribution in [2.45, 2.75) is 33.8 Å². The van der Waals surface area contributed by atoms with Gasteiger partial charge in [-0.1, -0.05) is 51.0 Å². The summed E-state index contributed by atoms with van der Waals surface area (Å²) in [6.45, 7) is 8.35. The number of halogens is 1. The summed E-state index contributed by atoms with van der Waals surface area (Å²) >= 11 is 0. The highest BCUT2D eigenvalue weighted by atomic mass is 19.1. The van der Waals surface area contributed by atoms with Crippen molar-refractivity contribution in [3.8, 4) is 17.7 Å². The fraction of sp³-hybridized carbons (Fsp3) is 0.417. The average molecular weight is 439 g/mol. The SMILES string of the molecule is CC(C)CO/N=C/C1C(C(=O)OC(C#N)c2ccc(F)c(Oc3ccccc3)n2)C1(C)C. The van der Waals surface area contributed by atoms with E-state index in [1.54, 1.807) is 36.5 Å². The molecule has 0 radical (unpaired) electrons. The maximum Gasteiger partial charge on any atom is 0.311 e. The van der Waals surface area contributed by atoms with Crippen molar-refractivity contribution in [1.29, 1.82) is 5.26 Å². The second-order valence-electron chi connectivity index (χ2n) is 8.65. The van der Waals surface area contributed by atoms with Gasteiger partial charge in [0.2, 0.25) is 6.10 Å². The van der Waals surface area contributed by atoms with E-state index >= 15 is 0 Å². The molecule has 1 aliphatic carbocycles. The molecule has 32 heavy (non-hydrogen) atoms. The third-order valence-corrected chi connectivity index (χ3v) is 5.28. The van der Waals surface area contributed by atoms with Crippen LogP contribution >= 0.6 is 0 Å². The van der Waals surface area contributed by atoms with Gasteiger partial charge in [0.05, 0.1) is 11.6 Å². The first-order chi connectivity index (χ1) is 15.2. The van der Waals surface area contributed by atoms with Crippen LogP contribution in [0, 0.1) is 40.3 Å². The molecule has 0 saturated heterocycles. The zero-order valence-electron chi connectivity index (χ0n) is 18.5. The van der Waals surface area contributed by atoms with Gasteiger partial charge in [0, 0.05) is 12.1 Å². The van der Waals surface area contributed by atoms with Crippen LogP contribution in [0.5, 0.6) is 11.6 Å². The number of hydrogen-bond acceptors (Lipinski definition) is 7. The summed E-state index contributed by atoms with van der Waals surface area (Å²) in [5.74, 6) is -1.44. The number of carbonyl (C=O) groups is 1. The minimum atomic E-state index is -1.30. The minimum Gasteiger partial charge on any atom is -0.440 e. The molecule has 7 nitrogen and oxygen atoms in total. The monoisotopic (exact) mass is 439 g/mol. The standard InChI is InChI=1S/C24H26FN3O4/c1-15(2)14-30-27-13-17-21(24(17,3)4)23(29)32-20(12-26)19-11-10-18(25)22(28-19)31-16-8-6-5-7-9-16/h5-11,13,15,17,20-21H,14H2,1-4H3/b27-13+. The smallest absolute Gasteiger partial charge is 0.311 e. The first-order valence-electron chi connectivity index (χ1n) is 10.4. The highest BCUT2D eigenvalue weighted by Gasteiger charge is 2.62. The molecule has 2 aromatic rings. The Morgan fingerprint density at radius 3 is 2.66 bits per heavy atom. The van der Waals surface area contributed by atoms with Crippen LogP contribution in [0.25, 0.3) is 0 Å². The highest BCUT2D eigenvalue weighted by Crippen LogP contribution is 2.58. The molecule has 1 fully saturated rings. The van der Waals surface area contributed by atoms with Gasteiger partial charge < -0.3 is 14.3 Å². The Labute approximate surface area is 186 Å². The number of rotatable bonds is 9. The van der Waals surface area contributed by atoms with Crippen molar-refractivity contribution in [2.75, 3.05) is 6.61 Å². The number of nitriles is 1. The van der Waals surface area contributed by atoms with Gasteiger partial charge in [-0.3, -0.25) is 4.79 Å². The van der Waals surface area contributed by atoms with E-state index in [0.29, 0.717) is 18.3 Å². The lowest BCUT2D eigenvalue weighted by Crippen LogP contribution is -2.16. The quantitative estimate of drug-likeness (QED) is 0.308. The molecule has 8 heteroatoms. The lowest BCUT2D eigenvalue weighted by Gasteiger charge is -2.13. The maximum atomic E-state index is 14.2. The highest BCUT2D eigenvalue weighted by molar-refractivity contribution is 5.85. The molecule has 168 valence electrons. The molecule has 0 aliphatic heterocycles. The number of carbonyl (C=O) groups excluding carboxylic acids is 1. The summed E-state index contributed by atoms with van der Waals surface area (Å²) < 4.78 is 25.1. The number of aromatic nitrogens is 1. The number of ether oxygens (including phenoxy) is 2. The molecule has 1 aromatic heterocycles. The second kappa shape index (κ2) is 9.77. The molecule has 0 N–H and O–H groups in total. The molecule has 0 spiro atoms. The van der Waals surface area contributed by atoms with Crippen molar-refractivity contribution in [3.05, 3.63) is 54.0 Å².